The second-order valence-corrected chi connectivity index (χ2v) is 10.4. The van der Waals surface area contributed by atoms with E-state index in [1.807, 2.05) is 30.3 Å². The number of benzene rings is 2. The highest BCUT2D eigenvalue weighted by atomic mass is 16.5. The predicted molar refractivity (Wildman–Crippen MR) is 124 cm³/mol. The average Bonchev–Trinajstić information content (AvgIpc) is 2.80. The number of carbonyl (C=O) groups is 1. The molecule has 6 nitrogen and oxygen atoms in total. The lowest BCUT2D eigenvalue weighted by atomic mass is 9.64. The number of hydrogen-bond donors (Lipinski definition) is 1. The Labute approximate surface area is 195 Å². The van der Waals surface area contributed by atoms with Crippen molar-refractivity contribution in [2.75, 3.05) is 26.3 Å². The third-order valence-electron chi connectivity index (χ3n) is 7.71. The maximum Gasteiger partial charge on any atom is 0.341 e. The van der Waals surface area contributed by atoms with E-state index in [0.29, 0.717) is 11.7 Å². The van der Waals surface area contributed by atoms with E-state index in [1.165, 1.54) is 5.56 Å². The van der Waals surface area contributed by atoms with Crippen molar-refractivity contribution in [1.29, 1.82) is 0 Å². The molecule has 3 aliphatic heterocycles. The van der Waals surface area contributed by atoms with Gasteiger partial charge >= 0.3 is 5.97 Å². The van der Waals surface area contributed by atoms with Crippen molar-refractivity contribution in [1.82, 2.24) is 4.90 Å². The fraction of sp³-hybridized carbons (Fsp3) is 0.519. The second kappa shape index (κ2) is 8.65. The number of aliphatic carboxylic acids is 1. The molecule has 0 unspecified atom stereocenters. The first-order chi connectivity index (χ1) is 15.9. The quantitative estimate of drug-likeness (QED) is 0.712. The molecule has 176 valence electrons. The fourth-order valence-electron chi connectivity index (χ4n) is 5.79. The number of rotatable bonds is 5. The van der Waals surface area contributed by atoms with Gasteiger partial charge in [0, 0.05) is 23.6 Å². The van der Waals surface area contributed by atoms with Crippen LogP contribution in [0, 0.1) is 11.3 Å². The Bertz CT molecular complexity index is 1010. The highest BCUT2D eigenvalue weighted by Gasteiger charge is 2.52. The number of para-hydroxylation sites is 2. The first-order valence-corrected chi connectivity index (χ1v) is 11.9. The summed E-state index contributed by atoms with van der Waals surface area (Å²) < 4.78 is 18.5. The molecule has 3 heterocycles. The smallest absolute Gasteiger partial charge is 0.341 e. The molecule has 0 radical (unpaired) electrons. The topological polar surface area (TPSA) is 68.2 Å². The normalized spacial score (nSPS) is 25.5. The summed E-state index contributed by atoms with van der Waals surface area (Å²) in [6.07, 6.45) is 3.40. The van der Waals surface area contributed by atoms with E-state index in [9.17, 15) is 4.79 Å². The van der Waals surface area contributed by atoms with E-state index in [2.05, 4.69) is 36.9 Å². The number of hydrogen-bond acceptors (Lipinski definition) is 5. The lowest BCUT2D eigenvalue weighted by Crippen LogP contribution is -2.54. The molecular weight excluding hydrogens is 418 g/mol. The van der Waals surface area contributed by atoms with E-state index in [1.54, 1.807) is 0 Å². The van der Waals surface area contributed by atoms with Crippen LogP contribution in [0.3, 0.4) is 0 Å². The lowest BCUT2D eigenvalue weighted by molar-refractivity contribution is -0.174. The largest absolute Gasteiger partial charge is 0.487 e. The van der Waals surface area contributed by atoms with Gasteiger partial charge in [-0.3, -0.25) is 4.90 Å². The molecule has 2 fully saturated rings. The number of ether oxygens (including phenoxy) is 3. The molecule has 1 N–H and O–H groups in total. The third-order valence-corrected chi connectivity index (χ3v) is 7.71. The monoisotopic (exact) mass is 451 g/mol. The van der Waals surface area contributed by atoms with Crippen LogP contribution < -0.4 is 9.47 Å². The molecule has 5 rings (SSSR count). The van der Waals surface area contributed by atoms with Crippen LogP contribution in [-0.2, 0) is 16.1 Å². The third kappa shape index (κ3) is 4.46. The van der Waals surface area contributed by atoms with Gasteiger partial charge in [-0.25, -0.2) is 4.79 Å². The lowest BCUT2D eigenvalue weighted by Gasteiger charge is -2.54. The Balaban J connectivity index is 1.25. The van der Waals surface area contributed by atoms with Gasteiger partial charge in [-0.1, -0.05) is 36.4 Å². The first kappa shape index (κ1) is 22.2. The van der Waals surface area contributed by atoms with Crippen molar-refractivity contribution in [2.45, 2.75) is 51.4 Å². The SMILES string of the molecule is CC1(C)Oc2ccccc2[C@H]2OCC3(CCN(Cc4ccccc4OCC(=O)O)CC3)C[C@@H]21. The zero-order valence-electron chi connectivity index (χ0n) is 19.5. The summed E-state index contributed by atoms with van der Waals surface area (Å²) in [5, 5.41) is 8.95. The summed E-state index contributed by atoms with van der Waals surface area (Å²) in [7, 11) is 0. The highest BCUT2D eigenvalue weighted by Crippen LogP contribution is 2.55. The van der Waals surface area contributed by atoms with Crippen molar-refractivity contribution in [2.24, 2.45) is 11.3 Å². The number of carboxylic acid groups (broad SMARTS) is 1. The van der Waals surface area contributed by atoms with Gasteiger partial charge in [-0.2, -0.15) is 0 Å². The summed E-state index contributed by atoms with van der Waals surface area (Å²) in [5.74, 6) is 0.984. The zero-order valence-corrected chi connectivity index (χ0v) is 19.5. The number of nitrogens with zero attached hydrogens (tertiary/aromatic N) is 1. The molecule has 33 heavy (non-hydrogen) atoms. The van der Waals surface area contributed by atoms with Gasteiger partial charge < -0.3 is 19.3 Å². The summed E-state index contributed by atoms with van der Waals surface area (Å²) in [5.41, 5.74) is 2.15. The summed E-state index contributed by atoms with van der Waals surface area (Å²) >= 11 is 0. The zero-order chi connectivity index (χ0) is 23.1. The van der Waals surface area contributed by atoms with Gasteiger partial charge in [-0.05, 0) is 63.7 Å². The van der Waals surface area contributed by atoms with Crippen LogP contribution in [0.2, 0.25) is 0 Å². The number of fused-ring (bicyclic) bond motifs is 3. The summed E-state index contributed by atoms with van der Waals surface area (Å²) in [6.45, 7) is 7.63. The first-order valence-electron chi connectivity index (χ1n) is 11.9. The van der Waals surface area contributed by atoms with E-state index < -0.39 is 5.97 Å². The molecule has 3 aliphatic rings. The Hall–Kier alpha value is -2.57. The Kier molecular flexibility index (Phi) is 5.83. The average molecular weight is 452 g/mol. The van der Waals surface area contributed by atoms with Crippen LogP contribution in [0.1, 0.15) is 50.3 Å². The number of piperidine rings is 1. The van der Waals surface area contributed by atoms with Crippen LogP contribution >= 0.6 is 0 Å². The van der Waals surface area contributed by atoms with Gasteiger partial charge in [0.05, 0.1) is 12.7 Å². The van der Waals surface area contributed by atoms with Gasteiger partial charge in [-0.15, -0.1) is 0 Å². The minimum atomic E-state index is -0.961. The highest BCUT2D eigenvalue weighted by molar-refractivity contribution is 5.68. The fourth-order valence-corrected chi connectivity index (χ4v) is 5.79. The van der Waals surface area contributed by atoms with Gasteiger partial charge in [0.15, 0.2) is 6.61 Å². The van der Waals surface area contributed by atoms with Crippen LogP contribution in [0.5, 0.6) is 11.5 Å². The minimum absolute atomic E-state index is 0.104. The molecule has 2 aromatic rings. The molecule has 0 amide bonds. The van der Waals surface area contributed by atoms with Crippen LogP contribution in [0.25, 0.3) is 0 Å². The van der Waals surface area contributed by atoms with Crippen molar-refractivity contribution < 1.29 is 24.1 Å². The maximum atomic E-state index is 10.9. The summed E-state index contributed by atoms with van der Waals surface area (Å²) in [4.78, 5) is 13.3. The Morgan fingerprint density at radius 1 is 1.12 bits per heavy atom. The minimum Gasteiger partial charge on any atom is -0.487 e. The molecule has 0 saturated carbocycles. The molecule has 2 atom stereocenters. The van der Waals surface area contributed by atoms with Crippen LogP contribution in [-0.4, -0.2) is 47.9 Å². The second-order valence-electron chi connectivity index (χ2n) is 10.4. The van der Waals surface area contributed by atoms with Crippen molar-refractivity contribution in [3.8, 4) is 11.5 Å². The number of carboxylic acids is 1. The van der Waals surface area contributed by atoms with E-state index in [0.717, 1.165) is 56.8 Å². The van der Waals surface area contributed by atoms with E-state index >= 15 is 0 Å². The molecule has 2 saturated heterocycles. The van der Waals surface area contributed by atoms with Gasteiger partial charge in [0.25, 0.3) is 0 Å². The molecule has 1 spiro atoms. The van der Waals surface area contributed by atoms with Crippen LogP contribution in [0.4, 0.5) is 0 Å². The Morgan fingerprint density at radius 2 is 1.85 bits per heavy atom. The summed E-state index contributed by atoms with van der Waals surface area (Å²) in [6, 6.07) is 16.0. The van der Waals surface area contributed by atoms with E-state index in [4.69, 9.17) is 19.3 Å². The molecule has 0 bridgehead atoms. The predicted octanol–water partition coefficient (Wildman–Crippen LogP) is 4.68. The van der Waals surface area contributed by atoms with Crippen molar-refractivity contribution in [3.05, 3.63) is 59.7 Å². The molecule has 0 aliphatic carbocycles. The van der Waals surface area contributed by atoms with Gasteiger partial charge in [0.1, 0.15) is 17.1 Å². The molecule has 2 aromatic carbocycles. The Morgan fingerprint density at radius 3 is 2.64 bits per heavy atom. The van der Waals surface area contributed by atoms with Crippen molar-refractivity contribution >= 4 is 5.97 Å². The maximum absolute atomic E-state index is 10.9. The number of likely N-dealkylation sites (tertiary alicyclic amines) is 1. The van der Waals surface area contributed by atoms with Gasteiger partial charge in [0.2, 0.25) is 0 Å². The van der Waals surface area contributed by atoms with Crippen molar-refractivity contribution in [3.63, 3.8) is 0 Å². The molecular formula is C27H33NO5. The van der Waals surface area contributed by atoms with Crippen LogP contribution in [0.15, 0.2) is 48.5 Å². The molecule has 6 heteroatoms. The standard InChI is InChI=1S/C27H33NO5/c1-26(2)21-15-27(18-32-25(21)20-8-4-6-10-23(20)33-26)11-13-28(14-12-27)16-19-7-3-5-9-22(19)31-17-24(29)30/h3-10,21,25H,11-18H2,1-2H3,(H,29,30)/t21-,25+/m0/s1. The molecule has 0 aromatic heterocycles. The van der Waals surface area contributed by atoms with E-state index in [-0.39, 0.29) is 23.7 Å².